The second-order valence-corrected chi connectivity index (χ2v) is 8.09. The maximum absolute atomic E-state index is 12.9. The highest BCUT2D eigenvalue weighted by atomic mass is 32.1. The van der Waals surface area contributed by atoms with Gasteiger partial charge in [0.15, 0.2) is 0 Å². The van der Waals surface area contributed by atoms with Crippen LogP contribution < -0.4 is 20.4 Å². The third-order valence-electron chi connectivity index (χ3n) is 4.98. The number of thiazole rings is 1. The SMILES string of the molecule is C[C@@H]1Oc2ccccc2C=C1/C=c1\sc2nc(=O)c(Cc3ccccc3)nn2c1=O. The van der Waals surface area contributed by atoms with Crippen molar-refractivity contribution in [2.45, 2.75) is 19.4 Å². The molecule has 6 nitrogen and oxygen atoms in total. The Morgan fingerprint density at radius 1 is 1.10 bits per heavy atom. The van der Waals surface area contributed by atoms with Crippen molar-refractivity contribution >= 4 is 28.4 Å². The summed E-state index contributed by atoms with van der Waals surface area (Å²) in [5.41, 5.74) is 2.34. The Hall–Kier alpha value is -3.58. The molecule has 2 aromatic carbocycles. The molecule has 7 heteroatoms. The summed E-state index contributed by atoms with van der Waals surface area (Å²) in [6.45, 7) is 1.94. The average molecular weight is 415 g/mol. The first-order chi connectivity index (χ1) is 14.6. The van der Waals surface area contributed by atoms with Gasteiger partial charge in [0.05, 0.1) is 4.53 Å². The molecule has 0 saturated heterocycles. The topological polar surface area (TPSA) is 73.6 Å². The van der Waals surface area contributed by atoms with E-state index < -0.39 is 5.56 Å². The average Bonchev–Trinajstić information content (AvgIpc) is 3.04. The minimum absolute atomic E-state index is 0.195. The van der Waals surface area contributed by atoms with Crippen LogP contribution in [0, 0.1) is 0 Å². The van der Waals surface area contributed by atoms with Crippen LogP contribution in [0.5, 0.6) is 5.75 Å². The van der Waals surface area contributed by atoms with Crippen LogP contribution >= 0.6 is 11.3 Å². The van der Waals surface area contributed by atoms with E-state index in [1.807, 2.05) is 67.6 Å². The zero-order chi connectivity index (χ0) is 20.7. The van der Waals surface area contributed by atoms with Crippen molar-refractivity contribution in [2.24, 2.45) is 0 Å². The highest BCUT2D eigenvalue weighted by Gasteiger charge is 2.18. The number of aromatic nitrogens is 3. The molecule has 0 spiro atoms. The summed E-state index contributed by atoms with van der Waals surface area (Å²) in [6.07, 6.45) is 3.94. The summed E-state index contributed by atoms with van der Waals surface area (Å²) in [4.78, 5) is 29.7. The van der Waals surface area contributed by atoms with Gasteiger partial charge < -0.3 is 4.74 Å². The number of hydrogen-bond acceptors (Lipinski definition) is 6. The Balaban J connectivity index is 1.60. The van der Waals surface area contributed by atoms with Crippen molar-refractivity contribution in [3.8, 4) is 5.75 Å². The van der Waals surface area contributed by atoms with Crippen LogP contribution in [-0.4, -0.2) is 20.7 Å². The van der Waals surface area contributed by atoms with Gasteiger partial charge in [0.2, 0.25) is 4.96 Å². The molecule has 0 bridgehead atoms. The second kappa shape index (κ2) is 7.35. The van der Waals surface area contributed by atoms with Crippen molar-refractivity contribution in [3.05, 3.63) is 102 Å². The molecule has 5 rings (SSSR count). The van der Waals surface area contributed by atoms with E-state index in [1.165, 1.54) is 4.52 Å². The highest BCUT2D eigenvalue weighted by molar-refractivity contribution is 7.15. The number of nitrogens with zero attached hydrogens (tertiary/aromatic N) is 3. The summed E-state index contributed by atoms with van der Waals surface area (Å²) in [5, 5.41) is 4.31. The molecule has 1 atom stereocenters. The molecular formula is C23H17N3O3S. The molecule has 0 unspecified atom stereocenters. The fourth-order valence-electron chi connectivity index (χ4n) is 3.41. The maximum Gasteiger partial charge on any atom is 0.296 e. The largest absolute Gasteiger partial charge is 0.485 e. The number of fused-ring (bicyclic) bond motifs is 2. The Morgan fingerprint density at radius 3 is 2.70 bits per heavy atom. The number of hydrogen-bond donors (Lipinski definition) is 0. The van der Waals surface area contributed by atoms with Gasteiger partial charge in [-0.05, 0) is 36.3 Å². The number of benzene rings is 2. The number of ether oxygens (including phenoxy) is 1. The van der Waals surface area contributed by atoms with E-state index in [0.717, 1.165) is 33.8 Å². The standard InChI is InChI=1S/C23H17N3O3S/c1-14-17(12-16-9-5-6-10-19(16)29-14)13-20-22(28)26-23(30-20)24-21(27)18(25-26)11-15-7-3-2-4-8-15/h2-10,12-14H,11H2,1H3/b20-13-/t14-/m0/s1. The second-order valence-electron chi connectivity index (χ2n) is 7.08. The van der Waals surface area contributed by atoms with Crippen molar-refractivity contribution < 1.29 is 4.74 Å². The van der Waals surface area contributed by atoms with Gasteiger partial charge in [-0.3, -0.25) is 9.59 Å². The molecule has 1 aliphatic rings. The molecule has 148 valence electrons. The first-order valence-electron chi connectivity index (χ1n) is 9.54. The van der Waals surface area contributed by atoms with Crippen LogP contribution in [0.2, 0.25) is 0 Å². The molecule has 2 aromatic heterocycles. The predicted molar refractivity (Wildman–Crippen MR) is 117 cm³/mol. The van der Waals surface area contributed by atoms with E-state index >= 15 is 0 Å². The van der Waals surface area contributed by atoms with Crippen molar-refractivity contribution in [1.29, 1.82) is 0 Å². The minimum atomic E-state index is -0.408. The lowest BCUT2D eigenvalue weighted by Gasteiger charge is -2.22. The van der Waals surface area contributed by atoms with Gasteiger partial charge in [-0.25, -0.2) is 0 Å². The van der Waals surface area contributed by atoms with Crippen LogP contribution in [0.4, 0.5) is 0 Å². The first kappa shape index (κ1) is 18.4. The van der Waals surface area contributed by atoms with E-state index in [-0.39, 0.29) is 17.4 Å². The van der Waals surface area contributed by atoms with E-state index in [4.69, 9.17) is 4.74 Å². The molecule has 0 fully saturated rings. The summed E-state index contributed by atoms with van der Waals surface area (Å²) in [5.74, 6) is 0.820. The first-order valence-corrected chi connectivity index (χ1v) is 10.4. The third kappa shape index (κ3) is 3.33. The van der Waals surface area contributed by atoms with Crippen molar-refractivity contribution in [2.75, 3.05) is 0 Å². The molecule has 0 amide bonds. The predicted octanol–water partition coefficient (Wildman–Crippen LogP) is 2.47. The van der Waals surface area contributed by atoms with Crippen molar-refractivity contribution in [1.82, 2.24) is 14.6 Å². The smallest absolute Gasteiger partial charge is 0.296 e. The lowest BCUT2D eigenvalue weighted by molar-refractivity contribution is 0.259. The summed E-state index contributed by atoms with van der Waals surface area (Å²) >= 11 is 1.15. The van der Waals surface area contributed by atoms with Crippen LogP contribution in [-0.2, 0) is 6.42 Å². The molecular weight excluding hydrogens is 398 g/mol. The van der Waals surface area contributed by atoms with Crippen LogP contribution in [0.15, 0.2) is 69.8 Å². The zero-order valence-electron chi connectivity index (χ0n) is 16.1. The van der Waals surface area contributed by atoms with Crippen LogP contribution in [0.3, 0.4) is 0 Å². The number of para-hydroxylation sites is 1. The Labute approximate surface area is 175 Å². The fraction of sp³-hybridized carbons (Fsp3) is 0.130. The van der Waals surface area contributed by atoms with Gasteiger partial charge >= 0.3 is 0 Å². The van der Waals surface area contributed by atoms with E-state index in [1.54, 1.807) is 6.08 Å². The molecule has 1 aliphatic heterocycles. The summed E-state index contributed by atoms with van der Waals surface area (Å²) in [6, 6.07) is 17.3. The minimum Gasteiger partial charge on any atom is -0.485 e. The lowest BCUT2D eigenvalue weighted by Crippen LogP contribution is -2.29. The van der Waals surface area contributed by atoms with Crippen molar-refractivity contribution in [3.63, 3.8) is 0 Å². The summed E-state index contributed by atoms with van der Waals surface area (Å²) in [7, 11) is 0. The number of rotatable bonds is 3. The fourth-order valence-corrected chi connectivity index (χ4v) is 4.32. The van der Waals surface area contributed by atoms with Gasteiger partial charge in [-0.15, -0.1) is 0 Å². The Bertz CT molecular complexity index is 1450. The molecule has 0 aliphatic carbocycles. The molecule has 0 saturated carbocycles. The third-order valence-corrected chi connectivity index (χ3v) is 5.94. The van der Waals surface area contributed by atoms with E-state index in [2.05, 4.69) is 10.1 Å². The molecule has 30 heavy (non-hydrogen) atoms. The molecule has 0 radical (unpaired) electrons. The van der Waals surface area contributed by atoms with Gasteiger partial charge in [-0.2, -0.15) is 14.6 Å². The Kier molecular flexibility index (Phi) is 4.52. The van der Waals surface area contributed by atoms with Gasteiger partial charge in [-0.1, -0.05) is 59.9 Å². The molecule has 0 N–H and O–H groups in total. The lowest BCUT2D eigenvalue weighted by atomic mass is 10.0. The normalized spacial score (nSPS) is 16.2. The van der Waals surface area contributed by atoms with E-state index in [0.29, 0.717) is 15.9 Å². The zero-order valence-corrected chi connectivity index (χ0v) is 16.9. The highest BCUT2D eigenvalue weighted by Crippen LogP contribution is 2.29. The van der Waals surface area contributed by atoms with Gasteiger partial charge in [0.25, 0.3) is 11.1 Å². The van der Waals surface area contributed by atoms with Crippen LogP contribution in [0.25, 0.3) is 17.1 Å². The quantitative estimate of drug-likeness (QED) is 0.514. The molecule has 4 aromatic rings. The van der Waals surface area contributed by atoms with Crippen LogP contribution in [0.1, 0.15) is 23.7 Å². The van der Waals surface area contributed by atoms with E-state index in [9.17, 15) is 9.59 Å². The van der Waals surface area contributed by atoms with Gasteiger partial charge in [0.1, 0.15) is 17.5 Å². The van der Waals surface area contributed by atoms with Gasteiger partial charge in [0, 0.05) is 12.0 Å². The monoisotopic (exact) mass is 415 g/mol. The summed E-state index contributed by atoms with van der Waals surface area (Å²) < 4.78 is 7.64. The molecule has 3 heterocycles. The Morgan fingerprint density at radius 2 is 1.87 bits per heavy atom. The maximum atomic E-state index is 12.9.